The van der Waals surface area contributed by atoms with Crippen LogP contribution in [0.15, 0.2) is 18.2 Å². The second-order valence-electron chi connectivity index (χ2n) is 8.98. The summed E-state index contributed by atoms with van der Waals surface area (Å²) in [4.78, 5) is 29.3. The maximum absolute atomic E-state index is 14.5. The molecule has 5 nitrogen and oxygen atoms in total. The molecule has 0 radical (unpaired) electrons. The molecule has 0 aromatic heterocycles. The molecular weight excluding hydrogens is 359 g/mol. The van der Waals surface area contributed by atoms with Crippen LogP contribution in [0.2, 0.25) is 0 Å². The lowest BCUT2D eigenvalue weighted by Gasteiger charge is -2.41. The molecule has 0 N–H and O–H groups in total. The van der Waals surface area contributed by atoms with Crippen LogP contribution in [0.1, 0.15) is 69.3 Å². The van der Waals surface area contributed by atoms with E-state index in [1.807, 2.05) is 33.8 Å². The zero-order chi connectivity index (χ0) is 20.6. The van der Waals surface area contributed by atoms with Gasteiger partial charge in [0, 0.05) is 25.7 Å². The Balaban J connectivity index is 1.69. The van der Waals surface area contributed by atoms with Gasteiger partial charge < -0.3 is 14.5 Å². The van der Waals surface area contributed by atoms with Gasteiger partial charge in [-0.05, 0) is 65.0 Å². The first-order valence-corrected chi connectivity index (χ1v) is 10.1. The minimum atomic E-state index is -0.544. The Labute approximate surface area is 166 Å². The van der Waals surface area contributed by atoms with E-state index in [1.165, 1.54) is 6.07 Å². The molecule has 0 spiro atoms. The van der Waals surface area contributed by atoms with Crippen LogP contribution in [-0.2, 0) is 9.53 Å². The SMILES string of the molecule is CC(OC(C)(C)C)C(=O)N1CCN(C(=O)c2c(F)cccc2C2CC2)C[C@H]1C. The Morgan fingerprint density at radius 1 is 1.21 bits per heavy atom. The van der Waals surface area contributed by atoms with Crippen LogP contribution in [0.5, 0.6) is 0 Å². The lowest BCUT2D eigenvalue weighted by molar-refractivity contribution is -0.155. The number of halogens is 1. The Morgan fingerprint density at radius 3 is 2.46 bits per heavy atom. The highest BCUT2D eigenvalue weighted by molar-refractivity contribution is 5.96. The number of hydrogen-bond acceptors (Lipinski definition) is 3. The third-order valence-corrected chi connectivity index (χ3v) is 5.35. The minimum Gasteiger partial charge on any atom is -0.363 e. The predicted molar refractivity (Wildman–Crippen MR) is 106 cm³/mol. The second kappa shape index (κ2) is 7.82. The summed E-state index contributed by atoms with van der Waals surface area (Å²) >= 11 is 0. The summed E-state index contributed by atoms with van der Waals surface area (Å²) in [7, 11) is 0. The highest BCUT2D eigenvalue weighted by atomic mass is 19.1. The number of amides is 2. The number of ether oxygens (including phenoxy) is 1. The van der Waals surface area contributed by atoms with Crippen LogP contribution in [0, 0.1) is 5.82 Å². The molecule has 28 heavy (non-hydrogen) atoms. The van der Waals surface area contributed by atoms with Crippen LogP contribution < -0.4 is 0 Å². The van der Waals surface area contributed by atoms with E-state index in [1.54, 1.807) is 22.8 Å². The number of carbonyl (C=O) groups is 2. The summed E-state index contributed by atoms with van der Waals surface area (Å²) < 4.78 is 20.3. The van der Waals surface area contributed by atoms with E-state index in [4.69, 9.17) is 4.74 Å². The average Bonchev–Trinajstić information content (AvgIpc) is 3.43. The van der Waals surface area contributed by atoms with Gasteiger partial charge in [0.1, 0.15) is 11.9 Å². The van der Waals surface area contributed by atoms with Gasteiger partial charge in [-0.25, -0.2) is 4.39 Å². The number of nitrogens with zero attached hydrogens (tertiary/aromatic N) is 2. The summed E-state index contributed by atoms with van der Waals surface area (Å²) in [5.74, 6) is -0.491. The van der Waals surface area contributed by atoms with Crippen molar-refractivity contribution in [3.05, 3.63) is 35.1 Å². The van der Waals surface area contributed by atoms with Gasteiger partial charge >= 0.3 is 0 Å². The first kappa shape index (κ1) is 20.8. The van der Waals surface area contributed by atoms with Crippen molar-refractivity contribution in [3.63, 3.8) is 0 Å². The van der Waals surface area contributed by atoms with Gasteiger partial charge in [0.15, 0.2) is 0 Å². The molecule has 2 fully saturated rings. The Morgan fingerprint density at radius 2 is 1.89 bits per heavy atom. The fourth-order valence-electron chi connectivity index (χ4n) is 3.94. The second-order valence-corrected chi connectivity index (χ2v) is 8.98. The molecule has 1 aromatic carbocycles. The molecule has 1 saturated carbocycles. The van der Waals surface area contributed by atoms with Crippen molar-refractivity contribution < 1.29 is 18.7 Å². The molecule has 1 aromatic rings. The molecule has 1 heterocycles. The Hall–Kier alpha value is -1.95. The highest BCUT2D eigenvalue weighted by Crippen LogP contribution is 2.42. The minimum absolute atomic E-state index is 0.0703. The van der Waals surface area contributed by atoms with Gasteiger partial charge in [-0.15, -0.1) is 0 Å². The number of carbonyl (C=O) groups excluding carboxylic acids is 2. The Bertz CT molecular complexity index is 755. The monoisotopic (exact) mass is 390 g/mol. The van der Waals surface area contributed by atoms with Gasteiger partial charge in [0.25, 0.3) is 11.8 Å². The van der Waals surface area contributed by atoms with Gasteiger partial charge in [0.2, 0.25) is 0 Å². The third-order valence-electron chi connectivity index (χ3n) is 5.35. The van der Waals surface area contributed by atoms with Gasteiger partial charge in [-0.1, -0.05) is 12.1 Å². The quantitative estimate of drug-likeness (QED) is 0.790. The molecule has 2 amide bonds. The molecule has 1 aliphatic heterocycles. The average molecular weight is 390 g/mol. The van der Waals surface area contributed by atoms with E-state index in [9.17, 15) is 14.0 Å². The van der Waals surface area contributed by atoms with E-state index in [0.29, 0.717) is 25.6 Å². The molecule has 1 aliphatic carbocycles. The summed E-state index contributed by atoms with van der Waals surface area (Å²) in [6.07, 6.45) is 1.47. The normalized spacial score (nSPS) is 21.6. The van der Waals surface area contributed by atoms with E-state index >= 15 is 0 Å². The van der Waals surface area contributed by atoms with Crippen molar-refractivity contribution in [1.29, 1.82) is 0 Å². The molecule has 2 aliphatic rings. The van der Waals surface area contributed by atoms with Crippen LogP contribution in [0.4, 0.5) is 4.39 Å². The van der Waals surface area contributed by atoms with E-state index in [2.05, 4.69) is 0 Å². The summed E-state index contributed by atoms with van der Waals surface area (Å²) in [6, 6.07) is 4.75. The molecule has 1 unspecified atom stereocenters. The lowest BCUT2D eigenvalue weighted by atomic mass is 10.0. The van der Waals surface area contributed by atoms with Crippen molar-refractivity contribution in [1.82, 2.24) is 9.80 Å². The maximum Gasteiger partial charge on any atom is 0.257 e. The number of rotatable bonds is 4. The fourth-order valence-corrected chi connectivity index (χ4v) is 3.94. The first-order valence-electron chi connectivity index (χ1n) is 10.1. The number of piperazine rings is 1. The Kier molecular flexibility index (Phi) is 5.80. The van der Waals surface area contributed by atoms with Crippen LogP contribution in [0.25, 0.3) is 0 Å². The van der Waals surface area contributed by atoms with Crippen molar-refractivity contribution in [3.8, 4) is 0 Å². The van der Waals surface area contributed by atoms with Gasteiger partial charge in [-0.3, -0.25) is 9.59 Å². The predicted octanol–water partition coefficient (Wildman–Crippen LogP) is 3.58. The van der Waals surface area contributed by atoms with E-state index in [-0.39, 0.29) is 23.4 Å². The van der Waals surface area contributed by atoms with Crippen molar-refractivity contribution in [2.75, 3.05) is 19.6 Å². The van der Waals surface area contributed by atoms with Crippen molar-refractivity contribution in [2.24, 2.45) is 0 Å². The summed E-state index contributed by atoms with van der Waals surface area (Å²) in [5.41, 5.74) is 0.630. The summed E-state index contributed by atoms with van der Waals surface area (Å²) in [6.45, 7) is 10.7. The molecule has 0 bridgehead atoms. The molecule has 3 rings (SSSR count). The topological polar surface area (TPSA) is 49.9 Å². The fraction of sp³-hybridized carbons (Fsp3) is 0.636. The zero-order valence-corrected chi connectivity index (χ0v) is 17.5. The lowest BCUT2D eigenvalue weighted by Crippen LogP contribution is -2.57. The van der Waals surface area contributed by atoms with Crippen LogP contribution in [0.3, 0.4) is 0 Å². The van der Waals surface area contributed by atoms with Crippen LogP contribution in [-0.4, -0.2) is 59.0 Å². The van der Waals surface area contributed by atoms with E-state index < -0.39 is 17.5 Å². The van der Waals surface area contributed by atoms with Gasteiger partial charge in [0.05, 0.1) is 11.2 Å². The maximum atomic E-state index is 14.5. The largest absolute Gasteiger partial charge is 0.363 e. The smallest absolute Gasteiger partial charge is 0.257 e. The molecule has 1 saturated heterocycles. The number of hydrogen-bond donors (Lipinski definition) is 0. The van der Waals surface area contributed by atoms with E-state index in [0.717, 1.165) is 18.4 Å². The highest BCUT2D eigenvalue weighted by Gasteiger charge is 2.36. The van der Waals surface area contributed by atoms with Crippen LogP contribution >= 0.6 is 0 Å². The molecule has 154 valence electrons. The third kappa shape index (κ3) is 4.54. The standard InChI is InChI=1S/C22H31FN2O3/c1-14-13-24(11-12-25(14)20(26)15(2)28-22(3,4)5)21(27)19-17(16-9-10-16)7-6-8-18(19)23/h6-8,14-16H,9-13H2,1-5H3/t14-,15?/m1/s1. The van der Waals surface area contributed by atoms with Crippen molar-refractivity contribution >= 4 is 11.8 Å². The zero-order valence-electron chi connectivity index (χ0n) is 17.5. The van der Waals surface area contributed by atoms with Gasteiger partial charge in [-0.2, -0.15) is 0 Å². The number of benzene rings is 1. The van der Waals surface area contributed by atoms with Crippen molar-refractivity contribution in [2.45, 2.75) is 71.1 Å². The first-order chi connectivity index (χ1) is 13.1. The molecular formula is C22H31FN2O3. The molecule has 6 heteroatoms. The summed E-state index contributed by atoms with van der Waals surface area (Å²) in [5, 5.41) is 0. The molecule has 2 atom stereocenters.